The second-order valence-electron chi connectivity index (χ2n) is 5.31. The summed E-state index contributed by atoms with van der Waals surface area (Å²) in [5.41, 5.74) is 0.232. The van der Waals surface area contributed by atoms with Crippen LogP contribution in [-0.2, 0) is 0 Å². The first-order valence-electron chi connectivity index (χ1n) is 7.06. The summed E-state index contributed by atoms with van der Waals surface area (Å²) in [5.74, 6) is 0.502. The first-order chi connectivity index (χ1) is 9.74. The monoisotopic (exact) mass is 276 g/mol. The molecule has 0 atom stereocenters. The summed E-state index contributed by atoms with van der Waals surface area (Å²) >= 11 is 0. The number of aromatic hydroxyl groups is 1. The molecule has 0 bridgehead atoms. The Morgan fingerprint density at radius 1 is 1.15 bits per heavy atom. The van der Waals surface area contributed by atoms with Crippen LogP contribution in [0.2, 0.25) is 0 Å². The number of benzene rings is 1. The van der Waals surface area contributed by atoms with Crippen LogP contribution in [0.15, 0.2) is 22.7 Å². The van der Waals surface area contributed by atoms with E-state index in [-0.39, 0.29) is 17.2 Å². The van der Waals surface area contributed by atoms with Crippen LogP contribution in [0.25, 0.3) is 11.5 Å². The smallest absolute Gasteiger partial charge is 0.260 e. The molecule has 0 spiro atoms. The fourth-order valence-corrected chi connectivity index (χ4v) is 2.73. The minimum atomic E-state index is -0.555. The molecule has 1 aliphatic carbocycles. The lowest BCUT2D eigenvalue weighted by atomic mass is 10.00. The van der Waals surface area contributed by atoms with Crippen molar-refractivity contribution in [1.82, 2.24) is 10.1 Å². The molecule has 4 nitrogen and oxygen atoms in total. The van der Waals surface area contributed by atoms with Crippen LogP contribution in [0.3, 0.4) is 0 Å². The minimum Gasteiger partial charge on any atom is -0.508 e. The van der Waals surface area contributed by atoms with Gasteiger partial charge in [-0.1, -0.05) is 30.8 Å². The molecule has 1 aromatic carbocycles. The summed E-state index contributed by atoms with van der Waals surface area (Å²) in [4.78, 5) is 4.34. The minimum absolute atomic E-state index is 0.116. The topological polar surface area (TPSA) is 59.2 Å². The van der Waals surface area contributed by atoms with Gasteiger partial charge in [0.2, 0.25) is 0 Å². The molecule has 1 heterocycles. The zero-order chi connectivity index (χ0) is 13.9. The van der Waals surface area contributed by atoms with E-state index in [4.69, 9.17) is 4.52 Å². The number of rotatable bonds is 2. The van der Waals surface area contributed by atoms with Crippen LogP contribution >= 0.6 is 0 Å². The van der Waals surface area contributed by atoms with Crippen molar-refractivity contribution in [2.75, 3.05) is 0 Å². The molecule has 1 aliphatic rings. The van der Waals surface area contributed by atoms with E-state index in [1.165, 1.54) is 37.8 Å². The molecule has 106 valence electrons. The van der Waals surface area contributed by atoms with Gasteiger partial charge < -0.3 is 9.63 Å². The van der Waals surface area contributed by atoms with E-state index in [0.717, 1.165) is 18.9 Å². The van der Waals surface area contributed by atoms with Gasteiger partial charge in [0.05, 0.1) is 5.56 Å². The molecule has 0 amide bonds. The number of nitrogens with zero attached hydrogens (tertiary/aromatic N) is 2. The Morgan fingerprint density at radius 2 is 1.90 bits per heavy atom. The fourth-order valence-electron chi connectivity index (χ4n) is 2.73. The van der Waals surface area contributed by atoms with Crippen LogP contribution in [-0.4, -0.2) is 15.2 Å². The van der Waals surface area contributed by atoms with Crippen LogP contribution in [0.1, 0.15) is 50.3 Å². The van der Waals surface area contributed by atoms with Crippen molar-refractivity contribution in [3.8, 4) is 17.2 Å². The van der Waals surface area contributed by atoms with Gasteiger partial charge >= 0.3 is 0 Å². The Labute approximate surface area is 116 Å². The van der Waals surface area contributed by atoms with Gasteiger partial charge in [-0.25, -0.2) is 4.39 Å². The van der Waals surface area contributed by atoms with Gasteiger partial charge in [0.15, 0.2) is 5.82 Å². The molecule has 5 heteroatoms. The van der Waals surface area contributed by atoms with Crippen molar-refractivity contribution in [2.45, 2.75) is 44.4 Å². The number of hydrogen-bond acceptors (Lipinski definition) is 4. The maximum Gasteiger partial charge on any atom is 0.260 e. The fraction of sp³-hybridized carbons (Fsp3) is 0.467. The Morgan fingerprint density at radius 3 is 2.60 bits per heavy atom. The van der Waals surface area contributed by atoms with E-state index in [2.05, 4.69) is 10.1 Å². The van der Waals surface area contributed by atoms with Crippen molar-refractivity contribution < 1.29 is 14.0 Å². The highest BCUT2D eigenvalue weighted by atomic mass is 19.1. The van der Waals surface area contributed by atoms with E-state index >= 15 is 0 Å². The Bertz CT molecular complexity index is 589. The molecule has 1 N–H and O–H groups in total. The maximum absolute atomic E-state index is 13.8. The molecule has 0 unspecified atom stereocenters. The lowest BCUT2D eigenvalue weighted by Crippen LogP contribution is -1.99. The zero-order valence-corrected chi connectivity index (χ0v) is 11.2. The largest absolute Gasteiger partial charge is 0.508 e. The van der Waals surface area contributed by atoms with Gasteiger partial charge in [-0.05, 0) is 25.0 Å². The summed E-state index contributed by atoms with van der Waals surface area (Å²) in [5, 5.41) is 13.2. The lowest BCUT2D eigenvalue weighted by Gasteiger charge is -2.07. The Kier molecular flexibility index (Phi) is 3.67. The number of phenols is 1. The average Bonchev–Trinajstić information content (AvgIpc) is 2.74. The number of aromatic nitrogens is 2. The van der Waals surface area contributed by atoms with E-state index in [0.29, 0.717) is 11.7 Å². The molecule has 2 aromatic rings. The van der Waals surface area contributed by atoms with Gasteiger partial charge in [0, 0.05) is 12.0 Å². The van der Waals surface area contributed by atoms with Crippen molar-refractivity contribution >= 4 is 0 Å². The Hall–Kier alpha value is -1.91. The Balaban J connectivity index is 1.85. The predicted octanol–water partition coefficient (Wildman–Crippen LogP) is 4.02. The second-order valence-corrected chi connectivity index (χ2v) is 5.31. The summed E-state index contributed by atoms with van der Waals surface area (Å²) in [6.07, 6.45) is 7.01. The SMILES string of the molecule is Oc1ccc(-c2nc(C3CCCCCC3)no2)c(F)c1. The van der Waals surface area contributed by atoms with E-state index < -0.39 is 5.82 Å². The molecule has 1 fully saturated rings. The highest BCUT2D eigenvalue weighted by molar-refractivity contribution is 5.55. The number of hydrogen-bond donors (Lipinski definition) is 1. The number of halogens is 1. The summed E-state index contributed by atoms with van der Waals surface area (Å²) in [7, 11) is 0. The van der Waals surface area contributed by atoms with Crippen molar-refractivity contribution in [1.29, 1.82) is 0 Å². The third-order valence-electron chi connectivity index (χ3n) is 3.85. The van der Waals surface area contributed by atoms with Crippen LogP contribution in [0, 0.1) is 5.82 Å². The van der Waals surface area contributed by atoms with Gasteiger partial charge in [-0.2, -0.15) is 4.98 Å². The molecule has 0 aliphatic heterocycles. The van der Waals surface area contributed by atoms with Crippen LogP contribution in [0.4, 0.5) is 4.39 Å². The summed E-state index contributed by atoms with van der Waals surface area (Å²) in [6, 6.07) is 3.91. The van der Waals surface area contributed by atoms with Crippen LogP contribution < -0.4 is 0 Å². The summed E-state index contributed by atoms with van der Waals surface area (Å²) < 4.78 is 18.9. The van der Waals surface area contributed by atoms with Gasteiger partial charge in [0.1, 0.15) is 11.6 Å². The van der Waals surface area contributed by atoms with E-state index in [1.54, 1.807) is 0 Å². The molecule has 1 aromatic heterocycles. The van der Waals surface area contributed by atoms with Crippen molar-refractivity contribution in [3.05, 3.63) is 29.8 Å². The van der Waals surface area contributed by atoms with Crippen molar-refractivity contribution in [2.24, 2.45) is 0 Å². The first-order valence-corrected chi connectivity index (χ1v) is 7.06. The quantitative estimate of drug-likeness (QED) is 0.842. The molecule has 0 radical (unpaired) electrons. The third kappa shape index (κ3) is 2.66. The molecule has 1 saturated carbocycles. The predicted molar refractivity (Wildman–Crippen MR) is 71.8 cm³/mol. The van der Waals surface area contributed by atoms with Gasteiger partial charge in [-0.15, -0.1) is 0 Å². The average molecular weight is 276 g/mol. The summed E-state index contributed by atoms with van der Waals surface area (Å²) in [6.45, 7) is 0. The normalized spacial score (nSPS) is 17.1. The molecule has 20 heavy (non-hydrogen) atoms. The van der Waals surface area contributed by atoms with Gasteiger partial charge in [-0.3, -0.25) is 0 Å². The second kappa shape index (κ2) is 5.61. The highest BCUT2D eigenvalue weighted by Crippen LogP contribution is 2.32. The first kappa shape index (κ1) is 13.1. The van der Waals surface area contributed by atoms with Gasteiger partial charge in [0.25, 0.3) is 5.89 Å². The molecule has 0 saturated heterocycles. The van der Waals surface area contributed by atoms with Crippen LogP contribution in [0.5, 0.6) is 5.75 Å². The molecular weight excluding hydrogens is 259 g/mol. The van der Waals surface area contributed by atoms with Crippen molar-refractivity contribution in [3.63, 3.8) is 0 Å². The third-order valence-corrected chi connectivity index (χ3v) is 3.85. The standard InChI is InChI=1S/C15H17FN2O2/c16-13-9-11(19)7-8-12(13)15-17-14(18-20-15)10-5-3-1-2-4-6-10/h7-10,19H,1-6H2. The molecular formula is C15H17FN2O2. The lowest BCUT2D eigenvalue weighted by molar-refractivity contribution is 0.407. The highest BCUT2D eigenvalue weighted by Gasteiger charge is 2.21. The zero-order valence-electron chi connectivity index (χ0n) is 11.2. The van der Waals surface area contributed by atoms with E-state index in [9.17, 15) is 9.50 Å². The maximum atomic E-state index is 13.8. The van der Waals surface area contributed by atoms with E-state index in [1.807, 2.05) is 0 Å². The molecule has 3 rings (SSSR count). The number of phenolic OH excluding ortho intramolecular Hbond substituents is 1.